The first-order valence-corrected chi connectivity index (χ1v) is 6.62. The van der Waals surface area contributed by atoms with Crippen LogP contribution in [-0.4, -0.2) is 24.2 Å². The first kappa shape index (κ1) is 15.5. The van der Waals surface area contributed by atoms with Gasteiger partial charge >= 0.3 is 5.97 Å². The molecule has 0 aliphatic rings. The molecule has 4 heteroatoms. The number of hydrogen-bond acceptors (Lipinski definition) is 3. The highest BCUT2D eigenvalue weighted by molar-refractivity contribution is 5.81. The van der Waals surface area contributed by atoms with Crippen LogP contribution in [-0.2, 0) is 10.3 Å². The van der Waals surface area contributed by atoms with Crippen molar-refractivity contribution in [2.24, 2.45) is 5.92 Å². The molecule has 0 saturated heterocycles. The van der Waals surface area contributed by atoms with Crippen LogP contribution in [0.25, 0.3) is 0 Å². The Kier molecular flexibility index (Phi) is 5.36. The summed E-state index contributed by atoms with van der Waals surface area (Å²) >= 11 is 0. The van der Waals surface area contributed by atoms with E-state index in [9.17, 15) is 9.90 Å². The molecule has 0 spiro atoms. The summed E-state index contributed by atoms with van der Waals surface area (Å²) in [5, 5.41) is 12.7. The summed E-state index contributed by atoms with van der Waals surface area (Å²) in [5.41, 5.74) is -0.485. The van der Waals surface area contributed by atoms with Crippen LogP contribution in [0.5, 0.6) is 5.75 Å². The highest BCUT2D eigenvalue weighted by Gasteiger charge is 2.37. The molecule has 0 aliphatic heterocycles. The number of rotatable bonds is 7. The molecule has 0 fully saturated rings. The maximum absolute atomic E-state index is 11.7. The van der Waals surface area contributed by atoms with Crippen molar-refractivity contribution in [1.29, 1.82) is 0 Å². The lowest BCUT2D eigenvalue weighted by Gasteiger charge is -2.29. The van der Waals surface area contributed by atoms with E-state index in [1.807, 2.05) is 32.9 Å². The van der Waals surface area contributed by atoms with Crippen LogP contribution in [0.4, 0.5) is 0 Å². The number of aliphatic carboxylic acids is 1. The van der Waals surface area contributed by atoms with E-state index in [2.05, 4.69) is 5.32 Å². The molecule has 0 aliphatic carbocycles. The topological polar surface area (TPSA) is 58.6 Å². The number of para-hydroxylation sites is 1. The van der Waals surface area contributed by atoms with Crippen LogP contribution in [0.15, 0.2) is 24.3 Å². The van der Waals surface area contributed by atoms with Gasteiger partial charge in [0.1, 0.15) is 11.3 Å². The van der Waals surface area contributed by atoms with Crippen LogP contribution in [0.3, 0.4) is 0 Å². The molecule has 1 atom stereocenters. The fourth-order valence-corrected chi connectivity index (χ4v) is 1.86. The predicted molar refractivity (Wildman–Crippen MR) is 75.4 cm³/mol. The van der Waals surface area contributed by atoms with E-state index in [4.69, 9.17) is 4.74 Å². The fraction of sp³-hybridized carbons (Fsp3) is 0.533. The Bertz CT molecular complexity index is 431. The smallest absolute Gasteiger partial charge is 0.328 e. The van der Waals surface area contributed by atoms with Gasteiger partial charge in [-0.05, 0) is 32.4 Å². The number of carbonyl (C=O) groups is 1. The third-order valence-corrected chi connectivity index (χ3v) is 3.02. The zero-order valence-electron chi connectivity index (χ0n) is 12.1. The van der Waals surface area contributed by atoms with Crippen LogP contribution in [0.1, 0.15) is 33.3 Å². The third-order valence-electron chi connectivity index (χ3n) is 3.02. The zero-order valence-corrected chi connectivity index (χ0v) is 12.1. The van der Waals surface area contributed by atoms with Gasteiger partial charge in [-0.25, -0.2) is 4.79 Å². The Hall–Kier alpha value is -1.55. The van der Waals surface area contributed by atoms with Gasteiger partial charge in [-0.3, -0.25) is 5.32 Å². The van der Waals surface area contributed by atoms with Gasteiger partial charge in [-0.15, -0.1) is 0 Å². The molecule has 0 amide bonds. The minimum absolute atomic E-state index is 0.373. The molecule has 19 heavy (non-hydrogen) atoms. The molecule has 0 saturated carbocycles. The first-order chi connectivity index (χ1) is 8.91. The number of carboxylic acid groups (broad SMARTS) is 1. The van der Waals surface area contributed by atoms with Gasteiger partial charge < -0.3 is 9.84 Å². The largest absolute Gasteiger partial charge is 0.494 e. The summed E-state index contributed by atoms with van der Waals surface area (Å²) < 4.78 is 5.54. The van der Waals surface area contributed by atoms with E-state index >= 15 is 0 Å². The van der Waals surface area contributed by atoms with Crippen LogP contribution >= 0.6 is 0 Å². The second kappa shape index (κ2) is 6.57. The first-order valence-electron chi connectivity index (χ1n) is 6.62. The Balaban J connectivity index is 3.14. The van der Waals surface area contributed by atoms with Gasteiger partial charge in [-0.1, -0.05) is 32.0 Å². The molecule has 1 aromatic rings. The van der Waals surface area contributed by atoms with E-state index in [1.54, 1.807) is 19.1 Å². The summed E-state index contributed by atoms with van der Waals surface area (Å²) in [4.78, 5) is 11.7. The van der Waals surface area contributed by atoms with Crippen molar-refractivity contribution in [1.82, 2.24) is 5.32 Å². The second-order valence-electron chi connectivity index (χ2n) is 5.13. The molecule has 2 N–H and O–H groups in total. The molecule has 1 aromatic carbocycles. The van der Waals surface area contributed by atoms with Crippen LogP contribution < -0.4 is 10.1 Å². The van der Waals surface area contributed by atoms with Crippen molar-refractivity contribution in [3.05, 3.63) is 29.8 Å². The maximum atomic E-state index is 11.7. The average molecular weight is 265 g/mol. The molecular weight excluding hydrogens is 242 g/mol. The van der Waals surface area contributed by atoms with Crippen molar-refractivity contribution in [2.45, 2.75) is 33.2 Å². The fourth-order valence-electron chi connectivity index (χ4n) is 1.86. The van der Waals surface area contributed by atoms with Gasteiger partial charge in [0.2, 0.25) is 0 Å². The summed E-state index contributed by atoms with van der Waals surface area (Å²) in [5.74, 6) is 0.0874. The van der Waals surface area contributed by atoms with Gasteiger partial charge in [0.25, 0.3) is 0 Å². The minimum Gasteiger partial charge on any atom is -0.494 e. The summed E-state index contributed by atoms with van der Waals surface area (Å²) in [7, 11) is 0. The third kappa shape index (κ3) is 3.70. The molecule has 0 aromatic heterocycles. The van der Waals surface area contributed by atoms with Crippen LogP contribution in [0.2, 0.25) is 0 Å². The minimum atomic E-state index is -1.14. The van der Waals surface area contributed by atoms with Crippen molar-refractivity contribution >= 4 is 5.97 Å². The number of nitrogens with one attached hydrogen (secondary N) is 1. The van der Waals surface area contributed by atoms with Crippen LogP contribution in [0, 0.1) is 5.92 Å². The Morgan fingerprint density at radius 3 is 2.58 bits per heavy atom. The molecule has 106 valence electrons. The summed E-state index contributed by atoms with van der Waals surface area (Å²) in [6.07, 6.45) is 0. The molecule has 0 radical (unpaired) electrons. The van der Waals surface area contributed by atoms with E-state index in [0.717, 1.165) is 0 Å². The predicted octanol–water partition coefficient (Wildman–Crippen LogP) is 2.63. The number of hydrogen-bond donors (Lipinski definition) is 2. The second-order valence-corrected chi connectivity index (χ2v) is 5.13. The lowest BCUT2D eigenvalue weighted by molar-refractivity contribution is -0.144. The lowest BCUT2D eigenvalue weighted by atomic mass is 9.90. The lowest BCUT2D eigenvalue weighted by Crippen LogP contribution is -2.48. The molecule has 4 nitrogen and oxygen atoms in total. The van der Waals surface area contributed by atoms with Gasteiger partial charge in [0.15, 0.2) is 0 Å². The Morgan fingerprint density at radius 2 is 2.05 bits per heavy atom. The maximum Gasteiger partial charge on any atom is 0.328 e. The van der Waals surface area contributed by atoms with Crippen molar-refractivity contribution in [3.63, 3.8) is 0 Å². The SMILES string of the molecule is CCOc1ccccc1C(C)(NCC(C)C)C(=O)O. The molecular formula is C15H23NO3. The van der Waals surface area contributed by atoms with E-state index < -0.39 is 11.5 Å². The van der Waals surface area contributed by atoms with E-state index in [0.29, 0.717) is 30.4 Å². The molecule has 0 bridgehead atoms. The quantitative estimate of drug-likeness (QED) is 0.795. The van der Waals surface area contributed by atoms with Crippen molar-refractivity contribution < 1.29 is 14.6 Å². The Morgan fingerprint density at radius 1 is 1.42 bits per heavy atom. The standard InChI is InChI=1S/C15H23NO3/c1-5-19-13-9-7-6-8-12(13)15(4,14(17)18)16-10-11(2)3/h6-9,11,16H,5,10H2,1-4H3,(H,17,18). The molecule has 1 unspecified atom stereocenters. The number of carboxylic acids is 1. The zero-order chi connectivity index (χ0) is 14.5. The average Bonchev–Trinajstić information content (AvgIpc) is 2.36. The highest BCUT2D eigenvalue weighted by atomic mass is 16.5. The van der Waals surface area contributed by atoms with Crippen molar-refractivity contribution in [3.8, 4) is 5.75 Å². The van der Waals surface area contributed by atoms with Crippen molar-refractivity contribution in [2.75, 3.05) is 13.2 Å². The van der Waals surface area contributed by atoms with Gasteiger partial charge in [0.05, 0.1) is 6.61 Å². The van der Waals surface area contributed by atoms with Gasteiger partial charge in [0, 0.05) is 5.56 Å². The summed E-state index contributed by atoms with van der Waals surface area (Å²) in [6.45, 7) is 8.79. The highest BCUT2D eigenvalue weighted by Crippen LogP contribution is 2.30. The monoisotopic (exact) mass is 265 g/mol. The van der Waals surface area contributed by atoms with E-state index in [-0.39, 0.29) is 0 Å². The summed E-state index contributed by atoms with van der Waals surface area (Å²) in [6, 6.07) is 7.28. The van der Waals surface area contributed by atoms with E-state index in [1.165, 1.54) is 0 Å². The molecule has 1 rings (SSSR count). The number of benzene rings is 1. The normalized spacial score (nSPS) is 14.2. The Labute approximate surface area is 114 Å². The van der Waals surface area contributed by atoms with Gasteiger partial charge in [-0.2, -0.15) is 0 Å². The molecule has 0 heterocycles. The number of ether oxygens (including phenoxy) is 1.